The summed E-state index contributed by atoms with van der Waals surface area (Å²) in [4.78, 5) is 46.1. The Kier molecular flexibility index (Phi) is 9.12. The van der Waals surface area contributed by atoms with Crippen LogP contribution in [0.25, 0.3) is 109 Å². The second kappa shape index (κ2) is 15.0. The number of rotatable bonds is 0. The molecule has 59 heavy (non-hydrogen) atoms. The number of hydrogen-bond donors (Lipinski definition) is 0. The van der Waals surface area contributed by atoms with Crippen LogP contribution in [-0.4, -0.2) is 49.8 Å². The Morgan fingerprint density at radius 1 is 0.203 bits per heavy atom. The minimum atomic E-state index is 0. The summed E-state index contributed by atoms with van der Waals surface area (Å²) in [6.45, 7) is 0. The van der Waals surface area contributed by atoms with Crippen LogP contribution in [0, 0.1) is 0 Å². The molecule has 0 bridgehead atoms. The molecule has 0 amide bonds. The van der Waals surface area contributed by atoms with E-state index in [0.29, 0.717) is 0 Å². The topological polar surface area (TPSA) is 129 Å². The first-order valence-corrected chi connectivity index (χ1v) is 18.7. The molecule has 0 saturated carbocycles. The SMILES string of the molecule is [Ru+2].c1cnc2c(c1)c1nc3c4cccnc4c4ncccc4c3nc1c1cccnc12.c1cnc2c(c1)ccc1cccnc12.c1cnc2c(c1)ccc1cccnc12. The first-order chi connectivity index (χ1) is 28.8. The molecule has 0 saturated heterocycles. The molecule has 10 nitrogen and oxygen atoms in total. The van der Waals surface area contributed by atoms with Crippen LogP contribution in [-0.2, 0) is 19.5 Å². The molecule has 0 N–H and O–H groups in total. The Morgan fingerprint density at radius 3 is 0.644 bits per heavy atom. The van der Waals surface area contributed by atoms with Crippen molar-refractivity contribution in [2.45, 2.75) is 0 Å². The molecule has 0 aliphatic carbocycles. The van der Waals surface area contributed by atoms with Crippen molar-refractivity contribution in [3.8, 4) is 0 Å². The van der Waals surface area contributed by atoms with Crippen molar-refractivity contribution in [1.29, 1.82) is 0 Å². The van der Waals surface area contributed by atoms with Crippen LogP contribution in [0.15, 0.2) is 171 Å². The molecule has 0 aliphatic heterocycles. The fourth-order valence-corrected chi connectivity index (χ4v) is 7.69. The second-order valence-electron chi connectivity index (χ2n) is 13.6. The van der Waals surface area contributed by atoms with E-state index in [1.54, 1.807) is 49.6 Å². The molecule has 11 heteroatoms. The van der Waals surface area contributed by atoms with Gasteiger partial charge >= 0.3 is 19.5 Å². The summed E-state index contributed by atoms with van der Waals surface area (Å²) in [5.41, 5.74) is 10.5. The summed E-state index contributed by atoms with van der Waals surface area (Å²) in [5.74, 6) is 0. The average Bonchev–Trinajstić information content (AvgIpc) is 3.31. The average molecular weight is 846 g/mol. The minimum Gasteiger partial charge on any atom is -0.254 e. The van der Waals surface area contributed by atoms with E-state index in [1.165, 1.54) is 0 Å². The van der Waals surface area contributed by atoms with Gasteiger partial charge in [-0.15, -0.1) is 0 Å². The van der Waals surface area contributed by atoms with Gasteiger partial charge < -0.3 is 0 Å². The van der Waals surface area contributed by atoms with E-state index in [4.69, 9.17) is 9.97 Å². The zero-order chi connectivity index (χ0) is 38.4. The van der Waals surface area contributed by atoms with Crippen LogP contribution in [0.1, 0.15) is 0 Å². The van der Waals surface area contributed by atoms with Crippen LogP contribution in [0.3, 0.4) is 0 Å². The van der Waals surface area contributed by atoms with Crippen molar-refractivity contribution in [3.05, 3.63) is 171 Å². The predicted octanol–water partition coefficient (Wildman–Crippen LogP) is 10.5. The molecular formula is C48H28N10Ru+2. The molecular weight excluding hydrogens is 818 g/mol. The number of fused-ring (bicyclic) bond motifs is 18. The van der Waals surface area contributed by atoms with Gasteiger partial charge in [0.25, 0.3) is 0 Å². The quantitative estimate of drug-likeness (QED) is 0.0826. The summed E-state index contributed by atoms with van der Waals surface area (Å²) >= 11 is 0. The molecule has 4 aromatic carbocycles. The van der Waals surface area contributed by atoms with Gasteiger partial charge in [0.1, 0.15) is 0 Å². The standard InChI is InChI=1S/C24H12N6.2C12H8N2.Ru/c1-5-13-17(25-9-1)18-14(6-2-10-26-18)22-21(13)29-23-15-7-3-11-27-19(15)20-16(24(23)30-22)8-4-12-28-20;2*1-3-9-5-6-10-4-2-8-14-12(10)11(9)13-7-1;/h1-12H;2*1-8H;/q;;;+2. The maximum atomic E-state index is 5.14. The van der Waals surface area contributed by atoms with Crippen molar-refractivity contribution >= 4 is 109 Å². The molecule has 0 aliphatic rings. The molecule has 0 fully saturated rings. The van der Waals surface area contributed by atoms with E-state index in [0.717, 1.165) is 109 Å². The summed E-state index contributed by atoms with van der Waals surface area (Å²) in [6, 6.07) is 40.1. The number of pyridine rings is 8. The molecule has 13 aromatic rings. The van der Waals surface area contributed by atoms with Crippen LogP contribution in [0.5, 0.6) is 0 Å². The predicted molar refractivity (Wildman–Crippen MR) is 232 cm³/mol. The first kappa shape index (κ1) is 35.8. The molecule has 9 heterocycles. The largest absolute Gasteiger partial charge is 2.00 e. The third-order valence-corrected chi connectivity index (χ3v) is 10.3. The van der Waals surface area contributed by atoms with E-state index < -0.39 is 0 Å². The van der Waals surface area contributed by atoms with Gasteiger partial charge in [-0.2, -0.15) is 0 Å². The molecule has 0 atom stereocenters. The van der Waals surface area contributed by atoms with Gasteiger partial charge in [0.05, 0.1) is 66.2 Å². The Bertz CT molecular complexity index is 3250. The van der Waals surface area contributed by atoms with Gasteiger partial charge in [-0.05, 0) is 72.8 Å². The van der Waals surface area contributed by atoms with E-state index in [1.807, 2.05) is 72.8 Å². The van der Waals surface area contributed by atoms with Gasteiger partial charge in [0, 0.05) is 92.7 Å². The molecule has 0 unspecified atom stereocenters. The Balaban J connectivity index is 0.000000121. The van der Waals surface area contributed by atoms with E-state index in [9.17, 15) is 0 Å². The molecule has 13 rings (SSSR count). The molecule has 0 spiro atoms. The number of aromatic nitrogens is 10. The van der Waals surface area contributed by atoms with E-state index in [2.05, 4.69) is 88.4 Å². The Labute approximate surface area is 347 Å². The van der Waals surface area contributed by atoms with Crippen molar-refractivity contribution < 1.29 is 19.5 Å². The van der Waals surface area contributed by atoms with E-state index >= 15 is 0 Å². The summed E-state index contributed by atoms with van der Waals surface area (Å²) in [6.07, 6.45) is 14.4. The normalized spacial score (nSPS) is 11.3. The second-order valence-corrected chi connectivity index (χ2v) is 13.6. The Morgan fingerprint density at radius 2 is 0.407 bits per heavy atom. The molecule has 9 aromatic heterocycles. The molecule has 0 radical (unpaired) electrons. The number of hydrogen-bond acceptors (Lipinski definition) is 10. The van der Waals surface area contributed by atoms with Crippen LogP contribution in [0.2, 0.25) is 0 Å². The van der Waals surface area contributed by atoms with Gasteiger partial charge in [-0.1, -0.05) is 48.5 Å². The minimum absolute atomic E-state index is 0. The zero-order valence-electron chi connectivity index (χ0n) is 31.0. The van der Waals surface area contributed by atoms with Crippen molar-refractivity contribution in [1.82, 2.24) is 49.8 Å². The fourth-order valence-electron chi connectivity index (χ4n) is 7.69. The summed E-state index contributed by atoms with van der Waals surface area (Å²) in [5, 5.41) is 8.32. The zero-order valence-corrected chi connectivity index (χ0v) is 32.7. The van der Waals surface area contributed by atoms with Crippen LogP contribution < -0.4 is 0 Å². The Hall–Kier alpha value is -7.62. The maximum Gasteiger partial charge on any atom is 2.00 e. The first-order valence-electron chi connectivity index (χ1n) is 18.7. The van der Waals surface area contributed by atoms with Crippen molar-refractivity contribution in [2.24, 2.45) is 0 Å². The smallest absolute Gasteiger partial charge is 0.254 e. The third kappa shape index (κ3) is 6.16. The summed E-state index contributed by atoms with van der Waals surface area (Å²) < 4.78 is 0. The van der Waals surface area contributed by atoms with Gasteiger partial charge in [0.15, 0.2) is 0 Å². The van der Waals surface area contributed by atoms with Crippen molar-refractivity contribution in [2.75, 3.05) is 0 Å². The van der Waals surface area contributed by atoms with Crippen molar-refractivity contribution in [3.63, 3.8) is 0 Å². The van der Waals surface area contributed by atoms with Gasteiger partial charge in [-0.25, -0.2) is 9.97 Å². The number of benzene rings is 4. The third-order valence-electron chi connectivity index (χ3n) is 10.3. The van der Waals surface area contributed by atoms with Crippen LogP contribution >= 0.6 is 0 Å². The maximum absolute atomic E-state index is 5.14. The number of nitrogens with zero attached hydrogens (tertiary/aromatic N) is 10. The fraction of sp³-hybridized carbons (Fsp3) is 0. The summed E-state index contributed by atoms with van der Waals surface area (Å²) in [7, 11) is 0. The van der Waals surface area contributed by atoms with Gasteiger partial charge in [-0.3, -0.25) is 39.9 Å². The van der Waals surface area contributed by atoms with Gasteiger partial charge in [0.2, 0.25) is 0 Å². The van der Waals surface area contributed by atoms with Crippen LogP contribution in [0.4, 0.5) is 0 Å². The molecule has 276 valence electrons. The monoisotopic (exact) mass is 846 g/mol. The van der Waals surface area contributed by atoms with E-state index in [-0.39, 0.29) is 19.5 Å².